The normalized spacial score (nSPS) is 30.2. The number of methoxy groups -OCH3 is 1. The van der Waals surface area contributed by atoms with Crippen LogP contribution >= 0.6 is 0 Å². The van der Waals surface area contributed by atoms with E-state index in [0.717, 1.165) is 48.1 Å². The first-order valence-electron chi connectivity index (χ1n) is 10.7. The minimum absolute atomic E-state index is 0.0296. The number of rotatable bonds is 8. The zero-order valence-electron chi connectivity index (χ0n) is 16.8. The van der Waals surface area contributed by atoms with Crippen LogP contribution in [0.5, 0.6) is 0 Å². The molecule has 0 saturated heterocycles. The molecule has 2 amide bonds. The van der Waals surface area contributed by atoms with Crippen LogP contribution in [0.25, 0.3) is 0 Å². The van der Waals surface area contributed by atoms with Crippen molar-refractivity contribution in [2.24, 2.45) is 23.2 Å². The summed E-state index contributed by atoms with van der Waals surface area (Å²) in [6, 6.07) is 7.95. The Hall–Kier alpha value is -1.88. The van der Waals surface area contributed by atoms with Gasteiger partial charge in [0.15, 0.2) is 0 Å². The molecule has 152 valence electrons. The summed E-state index contributed by atoms with van der Waals surface area (Å²) in [5, 5.41) is 6.04. The number of carbonyl (C=O) groups is 2. The first-order valence-corrected chi connectivity index (χ1v) is 10.7. The lowest BCUT2D eigenvalue weighted by atomic mass is 9.49. The minimum Gasteiger partial charge on any atom is -0.380 e. The number of benzene rings is 1. The number of nitrogens with one attached hydrogen (secondary N) is 2. The lowest BCUT2D eigenvalue weighted by molar-refractivity contribution is -0.146. The first kappa shape index (κ1) is 19.4. The third kappa shape index (κ3) is 4.09. The van der Waals surface area contributed by atoms with E-state index >= 15 is 0 Å². The van der Waals surface area contributed by atoms with Crippen molar-refractivity contribution in [3.63, 3.8) is 0 Å². The number of amides is 2. The molecule has 1 aromatic rings. The van der Waals surface area contributed by atoms with Gasteiger partial charge in [0, 0.05) is 32.0 Å². The highest BCUT2D eigenvalue weighted by atomic mass is 16.5. The van der Waals surface area contributed by atoms with E-state index in [4.69, 9.17) is 4.74 Å². The minimum atomic E-state index is -0.135. The highest BCUT2D eigenvalue weighted by Crippen LogP contribution is 2.60. The Bertz CT molecular complexity index is 695. The second-order valence-corrected chi connectivity index (χ2v) is 9.18. The van der Waals surface area contributed by atoms with Gasteiger partial charge in [0.05, 0.1) is 6.61 Å². The molecule has 5 rings (SSSR count). The van der Waals surface area contributed by atoms with Crippen LogP contribution in [-0.2, 0) is 27.5 Å². The van der Waals surface area contributed by atoms with Gasteiger partial charge in [-0.3, -0.25) is 9.59 Å². The van der Waals surface area contributed by atoms with E-state index < -0.39 is 0 Å². The van der Waals surface area contributed by atoms with Crippen LogP contribution in [0.4, 0.5) is 0 Å². The summed E-state index contributed by atoms with van der Waals surface area (Å²) in [5.74, 6) is 2.44. The number of hydrogen-bond donors (Lipinski definition) is 2. The van der Waals surface area contributed by atoms with Gasteiger partial charge in [-0.25, -0.2) is 0 Å². The summed E-state index contributed by atoms with van der Waals surface area (Å²) < 4.78 is 5.21. The molecule has 0 unspecified atom stereocenters. The molecule has 2 N–H and O–H groups in total. The molecule has 0 aliphatic heterocycles. The highest BCUT2D eigenvalue weighted by Gasteiger charge is 2.54. The number of hydrogen-bond acceptors (Lipinski definition) is 3. The van der Waals surface area contributed by atoms with Crippen LogP contribution in [0.1, 0.15) is 56.1 Å². The van der Waals surface area contributed by atoms with Crippen molar-refractivity contribution >= 4 is 11.8 Å². The summed E-state index contributed by atoms with van der Waals surface area (Å²) >= 11 is 0. The summed E-state index contributed by atoms with van der Waals surface area (Å²) in [6.07, 6.45) is 7.51. The van der Waals surface area contributed by atoms with Gasteiger partial charge in [-0.15, -0.1) is 0 Å². The van der Waals surface area contributed by atoms with Crippen molar-refractivity contribution in [3.05, 3.63) is 35.4 Å². The first-order chi connectivity index (χ1) is 13.6. The van der Waals surface area contributed by atoms with E-state index in [1.165, 1.54) is 19.3 Å². The van der Waals surface area contributed by atoms with Gasteiger partial charge in [-0.1, -0.05) is 24.3 Å². The molecule has 4 fully saturated rings. The molecule has 0 radical (unpaired) electrons. The quantitative estimate of drug-likeness (QED) is 0.723. The van der Waals surface area contributed by atoms with Crippen LogP contribution in [0, 0.1) is 23.2 Å². The van der Waals surface area contributed by atoms with Crippen molar-refractivity contribution in [2.75, 3.05) is 13.7 Å². The second-order valence-electron chi connectivity index (χ2n) is 9.18. The van der Waals surface area contributed by atoms with Crippen LogP contribution in [-0.4, -0.2) is 25.5 Å². The van der Waals surface area contributed by atoms with Gasteiger partial charge < -0.3 is 15.4 Å². The molecule has 0 spiro atoms. The average molecular weight is 385 g/mol. The Kier molecular flexibility index (Phi) is 5.72. The van der Waals surface area contributed by atoms with Gasteiger partial charge in [0.25, 0.3) is 0 Å². The van der Waals surface area contributed by atoms with E-state index in [9.17, 15) is 9.59 Å². The monoisotopic (exact) mass is 384 g/mol. The predicted molar refractivity (Wildman–Crippen MR) is 107 cm³/mol. The van der Waals surface area contributed by atoms with Gasteiger partial charge in [0.2, 0.25) is 11.8 Å². The smallest absolute Gasteiger partial charge is 0.226 e. The van der Waals surface area contributed by atoms with Gasteiger partial charge in [-0.2, -0.15) is 0 Å². The van der Waals surface area contributed by atoms with Crippen LogP contribution < -0.4 is 10.6 Å². The van der Waals surface area contributed by atoms with E-state index in [-0.39, 0.29) is 17.2 Å². The fourth-order valence-electron chi connectivity index (χ4n) is 6.17. The number of ether oxygens (including phenoxy) is 1. The highest BCUT2D eigenvalue weighted by molar-refractivity contribution is 5.84. The topological polar surface area (TPSA) is 67.4 Å². The van der Waals surface area contributed by atoms with Gasteiger partial charge >= 0.3 is 0 Å². The largest absolute Gasteiger partial charge is 0.380 e. The molecule has 5 nitrogen and oxygen atoms in total. The van der Waals surface area contributed by atoms with Crippen molar-refractivity contribution in [1.29, 1.82) is 0 Å². The standard InChI is InChI=1S/C23H32N2O3/c1-28-15-20-5-3-2-4-19(20)14-25-21(26)6-7-24-22(27)23-11-16-8-17(12-23)10-18(9-16)13-23/h2-5,16-18H,6-15H2,1H3,(H,24,27)(H,25,26). The Morgan fingerprint density at radius 1 is 1.00 bits per heavy atom. The third-order valence-corrected chi connectivity index (χ3v) is 7.05. The van der Waals surface area contributed by atoms with Crippen LogP contribution in [0.3, 0.4) is 0 Å². The van der Waals surface area contributed by atoms with Crippen molar-refractivity contribution in [2.45, 2.75) is 58.1 Å². The van der Waals surface area contributed by atoms with E-state index in [0.29, 0.717) is 26.1 Å². The van der Waals surface area contributed by atoms with Crippen LogP contribution in [0.15, 0.2) is 24.3 Å². The Morgan fingerprint density at radius 2 is 1.61 bits per heavy atom. The van der Waals surface area contributed by atoms with Gasteiger partial charge in [0.1, 0.15) is 0 Å². The molecule has 0 heterocycles. The average Bonchev–Trinajstić information content (AvgIpc) is 2.66. The Labute approximate surface area is 167 Å². The predicted octanol–water partition coefficient (Wildman–Crippen LogP) is 3.17. The van der Waals surface area contributed by atoms with Crippen LogP contribution in [0.2, 0.25) is 0 Å². The molecule has 4 saturated carbocycles. The second kappa shape index (κ2) is 8.24. The summed E-state index contributed by atoms with van der Waals surface area (Å²) in [4.78, 5) is 25.1. The summed E-state index contributed by atoms with van der Waals surface area (Å²) in [6.45, 7) is 1.45. The molecule has 0 aromatic heterocycles. The van der Waals surface area contributed by atoms with Crippen molar-refractivity contribution in [3.8, 4) is 0 Å². The molecular weight excluding hydrogens is 352 g/mol. The van der Waals surface area contributed by atoms with Gasteiger partial charge in [-0.05, 0) is 67.4 Å². The summed E-state index contributed by atoms with van der Waals surface area (Å²) in [5.41, 5.74) is 2.01. The maximum atomic E-state index is 12.9. The third-order valence-electron chi connectivity index (χ3n) is 7.05. The lowest BCUT2D eigenvalue weighted by Crippen LogP contribution is -2.53. The Morgan fingerprint density at radius 3 is 2.21 bits per heavy atom. The maximum absolute atomic E-state index is 12.9. The van der Waals surface area contributed by atoms with E-state index in [1.807, 2.05) is 24.3 Å². The van der Waals surface area contributed by atoms with E-state index in [2.05, 4.69) is 10.6 Å². The number of carbonyl (C=O) groups excluding carboxylic acids is 2. The molecule has 4 aliphatic carbocycles. The fourth-order valence-corrected chi connectivity index (χ4v) is 6.17. The van der Waals surface area contributed by atoms with E-state index in [1.54, 1.807) is 7.11 Å². The SMILES string of the molecule is COCc1ccccc1CNC(=O)CCNC(=O)C12CC3CC(CC(C3)C1)C2. The molecule has 28 heavy (non-hydrogen) atoms. The molecule has 4 aliphatic rings. The van der Waals surface area contributed by atoms with Crippen molar-refractivity contribution in [1.82, 2.24) is 10.6 Å². The van der Waals surface area contributed by atoms with Crippen molar-refractivity contribution < 1.29 is 14.3 Å². The fraction of sp³-hybridized carbons (Fsp3) is 0.652. The lowest BCUT2D eigenvalue weighted by Gasteiger charge is -2.55. The Balaban J connectivity index is 1.22. The maximum Gasteiger partial charge on any atom is 0.226 e. The zero-order valence-corrected chi connectivity index (χ0v) is 16.8. The molecule has 1 aromatic carbocycles. The molecule has 0 atom stereocenters. The summed E-state index contributed by atoms with van der Waals surface area (Å²) in [7, 11) is 1.67. The molecular formula is C23H32N2O3. The molecule has 5 heteroatoms. The zero-order chi connectivity index (χ0) is 19.6. The molecule has 4 bridgehead atoms.